The van der Waals surface area contributed by atoms with Crippen LogP contribution in [0.2, 0.25) is 0 Å². The largest absolute Gasteiger partial charge is 0.480 e. The summed E-state index contributed by atoms with van der Waals surface area (Å²) in [6, 6.07) is 8.54. The van der Waals surface area contributed by atoms with Gasteiger partial charge < -0.3 is 10.0 Å². The van der Waals surface area contributed by atoms with Crippen molar-refractivity contribution in [2.75, 3.05) is 0 Å². The van der Waals surface area contributed by atoms with Gasteiger partial charge in [0.25, 0.3) is 15.7 Å². The molecule has 0 aliphatic heterocycles. The molecule has 0 saturated heterocycles. The topological polar surface area (TPSA) is 147 Å². The Bertz CT molecular complexity index is 1040. The van der Waals surface area contributed by atoms with Crippen molar-refractivity contribution in [3.05, 3.63) is 69.8 Å². The van der Waals surface area contributed by atoms with E-state index in [0.29, 0.717) is 4.90 Å². The summed E-state index contributed by atoms with van der Waals surface area (Å²) in [5.74, 6) is -1.40. The second-order valence-corrected chi connectivity index (χ2v) is 7.93. The molecule has 2 N–H and O–H groups in total. The van der Waals surface area contributed by atoms with Crippen LogP contribution in [0.1, 0.15) is 18.1 Å². The first-order valence-electron chi connectivity index (χ1n) is 8.38. The van der Waals surface area contributed by atoms with Crippen LogP contribution >= 0.6 is 0 Å². The number of nitro benzene ring substituents is 1. The van der Waals surface area contributed by atoms with Crippen molar-refractivity contribution in [2.24, 2.45) is 0 Å². The second kappa shape index (κ2) is 8.69. The van der Waals surface area contributed by atoms with Crippen molar-refractivity contribution < 1.29 is 28.0 Å². The van der Waals surface area contributed by atoms with Gasteiger partial charge in [0.1, 0.15) is 6.04 Å². The first-order valence-corrected chi connectivity index (χ1v) is 9.86. The molecule has 0 unspecified atom stereocenters. The summed E-state index contributed by atoms with van der Waals surface area (Å²) in [6.07, 6.45) is 0. The molecule has 29 heavy (non-hydrogen) atoms. The molecule has 0 heterocycles. The van der Waals surface area contributed by atoms with E-state index >= 15 is 0 Å². The lowest BCUT2D eigenvalue weighted by Crippen LogP contribution is -2.49. The number of nitrogens with one attached hydrogen (secondary N) is 1. The standard InChI is InChI=1S/C18H19N3O7S/c1-12-7-9-15(10-8-12)29(27,28)19-18(24)20(13(2)17(22)23)11-14-5-3-4-6-16(14)21(25)26/h3-10,13H,11H2,1-2H3,(H,19,24)(H,22,23)/t13-/m0/s1. The fourth-order valence-electron chi connectivity index (χ4n) is 2.47. The van der Waals surface area contributed by atoms with Gasteiger partial charge in [-0.1, -0.05) is 35.9 Å². The lowest BCUT2D eigenvalue weighted by atomic mass is 10.1. The molecule has 10 nitrogen and oxygen atoms in total. The van der Waals surface area contributed by atoms with E-state index in [1.807, 2.05) is 4.72 Å². The van der Waals surface area contributed by atoms with Gasteiger partial charge in [-0.15, -0.1) is 0 Å². The Hall–Kier alpha value is -3.47. The number of amides is 2. The van der Waals surface area contributed by atoms with Crippen LogP contribution in [0, 0.1) is 17.0 Å². The molecule has 154 valence electrons. The van der Waals surface area contributed by atoms with Crippen molar-refractivity contribution in [2.45, 2.75) is 31.3 Å². The highest BCUT2D eigenvalue weighted by Crippen LogP contribution is 2.21. The molecule has 0 bridgehead atoms. The summed E-state index contributed by atoms with van der Waals surface area (Å²) in [5, 5.41) is 20.5. The summed E-state index contributed by atoms with van der Waals surface area (Å²) in [4.78, 5) is 35.1. The van der Waals surface area contributed by atoms with Gasteiger partial charge in [0.2, 0.25) is 0 Å². The van der Waals surface area contributed by atoms with Crippen molar-refractivity contribution in [1.29, 1.82) is 0 Å². The Morgan fingerprint density at radius 1 is 1.17 bits per heavy atom. The van der Waals surface area contributed by atoms with E-state index in [2.05, 4.69) is 0 Å². The number of urea groups is 1. The number of sulfonamides is 1. The van der Waals surface area contributed by atoms with Gasteiger partial charge in [0.05, 0.1) is 16.4 Å². The van der Waals surface area contributed by atoms with E-state index in [4.69, 9.17) is 0 Å². The maximum Gasteiger partial charge on any atom is 0.332 e. The lowest BCUT2D eigenvalue weighted by Gasteiger charge is -2.26. The number of carboxylic acids is 1. The number of benzene rings is 2. The minimum absolute atomic E-state index is 0.0634. The zero-order valence-electron chi connectivity index (χ0n) is 15.6. The highest BCUT2D eigenvalue weighted by atomic mass is 32.2. The summed E-state index contributed by atoms with van der Waals surface area (Å²) < 4.78 is 26.8. The molecular formula is C18H19N3O7S. The quantitative estimate of drug-likeness (QED) is 0.515. The number of nitrogens with zero attached hydrogens (tertiary/aromatic N) is 2. The average Bonchev–Trinajstić information content (AvgIpc) is 2.65. The van der Waals surface area contributed by atoms with Crippen LogP contribution in [-0.4, -0.2) is 41.4 Å². The third-order valence-corrected chi connectivity index (χ3v) is 5.50. The molecule has 1 atom stereocenters. The van der Waals surface area contributed by atoms with E-state index in [1.54, 1.807) is 19.1 Å². The lowest BCUT2D eigenvalue weighted by molar-refractivity contribution is -0.385. The highest BCUT2D eigenvalue weighted by molar-refractivity contribution is 7.90. The van der Waals surface area contributed by atoms with E-state index < -0.39 is 39.5 Å². The fraction of sp³-hybridized carbons (Fsp3) is 0.222. The number of carbonyl (C=O) groups excluding carboxylic acids is 1. The third kappa shape index (κ3) is 5.29. The van der Waals surface area contributed by atoms with Crippen LogP contribution in [0.25, 0.3) is 0 Å². The smallest absolute Gasteiger partial charge is 0.332 e. The highest BCUT2D eigenvalue weighted by Gasteiger charge is 2.30. The first-order chi connectivity index (χ1) is 13.5. The Kier molecular flexibility index (Phi) is 6.54. The van der Waals surface area contributed by atoms with Crippen molar-refractivity contribution >= 4 is 27.7 Å². The summed E-state index contributed by atoms with van der Waals surface area (Å²) in [7, 11) is -4.27. The molecule has 0 spiro atoms. The average molecular weight is 421 g/mol. The maximum atomic E-state index is 12.6. The van der Waals surface area contributed by atoms with E-state index in [1.165, 1.54) is 43.3 Å². The monoisotopic (exact) mass is 421 g/mol. The SMILES string of the molecule is Cc1ccc(S(=O)(=O)NC(=O)N(Cc2ccccc2[N+](=O)[O-])[C@@H](C)C(=O)O)cc1. The van der Waals surface area contributed by atoms with Crippen LogP contribution in [0.15, 0.2) is 53.4 Å². The number of aryl methyl sites for hydroxylation is 1. The molecule has 0 saturated carbocycles. The maximum absolute atomic E-state index is 12.6. The predicted octanol–water partition coefficient (Wildman–Crippen LogP) is 2.28. The summed E-state index contributed by atoms with van der Waals surface area (Å²) >= 11 is 0. The van der Waals surface area contributed by atoms with E-state index in [9.17, 15) is 33.2 Å². The Labute approximate surface area is 167 Å². The number of nitro groups is 1. The molecule has 2 aromatic rings. The number of hydrogen-bond donors (Lipinski definition) is 2. The molecule has 0 aromatic heterocycles. The Balaban J connectivity index is 2.35. The molecule has 0 fully saturated rings. The zero-order chi connectivity index (χ0) is 21.8. The third-order valence-electron chi connectivity index (χ3n) is 4.17. The second-order valence-electron chi connectivity index (χ2n) is 6.25. The number of rotatable bonds is 7. The van der Waals surface area contributed by atoms with Crippen LogP contribution in [-0.2, 0) is 21.4 Å². The molecule has 2 aromatic carbocycles. The summed E-state index contributed by atoms with van der Waals surface area (Å²) in [5.41, 5.74) is 0.561. The van der Waals surface area contributed by atoms with Gasteiger partial charge in [0, 0.05) is 11.6 Å². The van der Waals surface area contributed by atoms with Crippen molar-refractivity contribution in [1.82, 2.24) is 9.62 Å². The van der Waals surface area contributed by atoms with Gasteiger partial charge in [0.15, 0.2) is 0 Å². The minimum atomic E-state index is -4.27. The molecule has 2 amide bonds. The van der Waals surface area contributed by atoms with Gasteiger partial charge in [-0.3, -0.25) is 10.1 Å². The minimum Gasteiger partial charge on any atom is -0.480 e. The first kappa shape index (κ1) is 21.8. The number of carbonyl (C=O) groups is 2. The van der Waals surface area contributed by atoms with Crippen LogP contribution in [0.3, 0.4) is 0 Å². The van der Waals surface area contributed by atoms with E-state index in [-0.39, 0.29) is 16.1 Å². The normalized spacial score (nSPS) is 12.1. The Morgan fingerprint density at radius 3 is 2.31 bits per heavy atom. The van der Waals surface area contributed by atoms with Crippen molar-refractivity contribution in [3.8, 4) is 0 Å². The van der Waals surface area contributed by atoms with Crippen LogP contribution < -0.4 is 4.72 Å². The summed E-state index contributed by atoms with van der Waals surface area (Å²) in [6.45, 7) is 2.47. The Morgan fingerprint density at radius 2 is 1.76 bits per heavy atom. The van der Waals surface area contributed by atoms with Gasteiger partial charge >= 0.3 is 12.0 Å². The molecule has 0 aliphatic carbocycles. The molecule has 0 radical (unpaired) electrons. The number of hydrogen-bond acceptors (Lipinski definition) is 6. The predicted molar refractivity (Wildman–Crippen MR) is 103 cm³/mol. The van der Waals surface area contributed by atoms with Gasteiger partial charge in [-0.2, -0.15) is 0 Å². The molecule has 0 aliphatic rings. The van der Waals surface area contributed by atoms with Crippen LogP contribution in [0.5, 0.6) is 0 Å². The number of para-hydroxylation sites is 1. The number of aliphatic carboxylic acids is 1. The number of carboxylic acid groups (broad SMARTS) is 1. The molecule has 11 heteroatoms. The van der Waals surface area contributed by atoms with E-state index in [0.717, 1.165) is 5.56 Å². The van der Waals surface area contributed by atoms with Gasteiger partial charge in [-0.25, -0.2) is 22.7 Å². The fourth-order valence-corrected chi connectivity index (χ4v) is 3.43. The zero-order valence-corrected chi connectivity index (χ0v) is 16.4. The van der Waals surface area contributed by atoms with Crippen molar-refractivity contribution in [3.63, 3.8) is 0 Å². The van der Waals surface area contributed by atoms with Gasteiger partial charge in [-0.05, 0) is 26.0 Å². The molecule has 2 rings (SSSR count). The molecular weight excluding hydrogens is 402 g/mol. The van der Waals surface area contributed by atoms with Crippen LogP contribution in [0.4, 0.5) is 10.5 Å².